The van der Waals surface area contributed by atoms with Crippen LogP contribution in [0.3, 0.4) is 0 Å². The van der Waals surface area contributed by atoms with Crippen LogP contribution in [0.25, 0.3) is 0 Å². The van der Waals surface area contributed by atoms with Crippen molar-refractivity contribution in [2.45, 2.75) is 32.7 Å². The van der Waals surface area contributed by atoms with Gasteiger partial charge in [0.15, 0.2) is 0 Å². The van der Waals surface area contributed by atoms with Gasteiger partial charge in [-0.05, 0) is 30.9 Å². The van der Waals surface area contributed by atoms with Gasteiger partial charge in [-0.25, -0.2) is 0 Å². The van der Waals surface area contributed by atoms with Crippen LogP contribution >= 0.6 is 0 Å². The van der Waals surface area contributed by atoms with E-state index in [0.717, 1.165) is 25.3 Å². The van der Waals surface area contributed by atoms with Gasteiger partial charge in [0.1, 0.15) is 5.76 Å². The van der Waals surface area contributed by atoms with Crippen molar-refractivity contribution >= 4 is 11.8 Å². The molecule has 2 atom stereocenters. The fourth-order valence-electron chi connectivity index (χ4n) is 3.33. The molecular weight excluding hydrogens is 268 g/mol. The molecule has 2 aliphatic heterocycles. The summed E-state index contributed by atoms with van der Waals surface area (Å²) in [6.45, 7) is 4.84. The smallest absolute Gasteiger partial charge is 0.228 e. The SMILES string of the molecule is CC1CCCN(C(=O)C2CC(=O)N(Cc3ccco3)C2)C1. The molecule has 2 amide bonds. The third kappa shape index (κ3) is 3.12. The lowest BCUT2D eigenvalue weighted by Gasteiger charge is -2.32. The number of likely N-dealkylation sites (tertiary alicyclic amines) is 2. The zero-order chi connectivity index (χ0) is 14.8. The fourth-order valence-corrected chi connectivity index (χ4v) is 3.33. The summed E-state index contributed by atoms with van der Waals surface area (Å²) in [5.41, 5.74) is 0. The molecule has 0 aromatic carbocycles. The molecule has 0 N–H and O–H groups in total. The standard InChI is InChI=1S/C16H22N2O3/c1-12-4-2-6-17(9-12)16(20)13-8-15(19)18(10-13)11-14-5-3-7-21-14/h3,5,7,12-13H,2,4,6,8-11H2,1H3. The zero-order valence-corrected chi connectivity index (χ0v) is 12.5. The molecule has 2 saturated heterocycles. The lowest BCUT2D eigenvalue weighted by Crippen LogP contribution is -2.43. The Hall–Kier alpha value is -1.78. The largest absolute Gasteiger partial charge is 0.467 e. The molecule has 0 aliphatic carbocycles. The third-order valence-electron chi connectivity index (χ3n) is 4.46. The quantitative estimate of drug-likeness (QED) is 0.854. The van der Waals surface area contributed by atoms with Crippen molar-refractivity contribution < 1.29 is 14.0 Å². The van der Waals surface area contributed by atoms with E-state index >= 15 is 0 Å². The van der Waals surface area contributed by atoms with Crippen molar-refractivity contribution in [1.29, 1.82) is 0 Å². The normalized spacial score (nSPS) is 26.4. The summed E-state index contributed by atoms with van der Waals surface area (Å²) in [6, 6.07) is 3.67. The van der Waals surface area contributed by atoms with Crippen LogP contribution in [0.4, 0.5) is 0 Å². The Balaban J connectivity index is 1.59. The Kier molecular flexibility index (Phi) is 3.99. The van der Waals surface area contributed by atoms with E-state index in [1.807, 2.05) is 17.0 Å². The fraction of sp³-hybridized carbons (Fsp3) is 0.625. The van der Waals surface area contributed by atoms with E-state index in [-0.39, 0.29) is 17.7 Å². The molecule has 3 heterocycles. The second-order valence-corrected chi connectivity index (χ2v) is 6.29. The first-order chi connectivity index (χ1) is 10.1. The highest BCUT2D eigenvalue weighted by Crippen LogP contribution is 2.25. The number of rotatable bonds is 3. The van der Waals surface area contributed by atoms with E-state index in [1.165, 1.54) is 6.42 Å². The molecule has 0 bridgehead atoms. The lowest BCUT2D eigenvalue weighted by atomic mass is 9.98. The molecule has 0 saturated carbocycles. The number of carbonyl (C=O) groups is 2. The minimum atomic E-state index is -0.183. The van der Waals surface area contributed by atoms with E-state index in [4.69, 9.17) is 4.42 Å². The summed E-state index contributed by atoms with van der Waals surface area (Å²) >= 11 is 0. The first-order valence-electron chi connectivity index (χ1n) is 7.72. The van der Waals surface area contributed by atoms with Gasteiger partial charge in [-0.1, -0.05) is 6.92 Å². The van der Waals surface area contributed by atoms with Crippen LogP contribution in [-0.2, 0) is 16.1 Å². The maximum atomic E-state index is 12.6. The number of hydrogen-bond donors (Lipinski definition) is 0. The van der Waals surface area contributed by atoms with Gasteiger partial charge in [-0.3, -0.25) is 9.59 Å². The van der Waals surface area contributed by atoms with Crippen molar-refractivity contribution in [2.75, 3.05) is 19.6 Å². The Morgan fingerprint density at radius 2 is 2.29 bits per heavy atom. The summed E-state index contributed by atoms with van der Waals surface area (Å²) in [4.78, 5) is 28.3. The minimum absolute atomic E-state index is 0.0507. The number of piperidine rings is 1. The maximum Gasteiger partial charge on any atom is 0.228 e. The van der Waals surface area contributed by atoms with Crippen molar-refractivity contribution in [2.24, 2.45) is 11.8 Å². The first-order valence-corrected chi connectivity index (χ1v) is 7.72. The molecule has 114 valence electrons. The number of carbonyl (C=O) groups excluding carboxylic acids is 2. The van der Waals surface area contributed by atoms with E-state index < -0.39 is 0 Å². The molecule has 5 nitrogen and oxygen atoms in total. The maximum absolute atomic E-state index is 12.6. The Labute approximate surface area is 124 Å². The molecule has 3 rings (SSSR count). The van der Waals surface area contributed by atoms with Crippen LogP contribution in [0.1, 0.15) is 31.9 Å². The summed E-state index contributed by atoms with van der Waals surface area (Å²) < 4.78 is 5.28. The van der Waals surface area contributed by atoms with Crippen molar-refractivity contribution in [3.63, 3.8) is 0 Å². The van der Waals surface area contributed by atoms with Gasteiger partial charge in [0.25, 0.3) is 0 Å². The van der Waals surface area contributed by atoms with Crippen LogP contribution in [-0.4, -0.2) is 41.2 Å². The molecule has 2 aliphatic rings. The second kappa shape index (κ2) is 5.92. The average Bonchev–Trinajstić information content (AvgIpc) is 3.09. The van der Waals surface area contributed by atoms with Gasteiger partial charge in [-0.15, -0.1) is 0 Å². The highest BCUT2D eigenvalue weighted by atomic mass is 16.3. The van der Waals surface area contributed by atoms with Gasteiger partial charge in [0.2, 0.25) is 11.8 Å². The molecule has 0 radical (unpaired) electrons. The van der Waals surface area contributed by atoms with Crippen LogP contribution < -0.4 is 0 Å². The third-order valence-corrected chi connectivity index (χ3v) is 4.46. The average molecular weight is 290 g/mol. The second-order valence-electron chi connectivity index (χ2n) is 6.29. The van der Waals surface area contributed by atoms with Crippen molar-refractivity contribution in [3.05, 3.63) is 24.2 Å². The zero-order valence-electron chi connectivity index (χ0n) is 12.5. The predicted octanol–water partition coefficient (Wildman–Crippen LogP) is 1.89. The van der Waals surface area contributed by atoms with Gasteiger partial charge in [-0.2, -0.15) is 0 Å². The van der Waals surface area contributed by atoms with Gasteiger partial charge in [0.05, 0.1) is 18.7 Å². The van der Waals surface area contributed by atoms with E-state index in [2.05, 4.69) is 6.92 Å². The number of furan rings is 1. The van der Waals surface area contributed by atoms with Crippen LogP contribution in [0.15, 0.2) is 22.8 Å². The molecule has 5 heteroatoms. The molecule has 1 aromatic rings. The van der Waals surface area contributed by atoms with Crippen molar-refractivity contribution in [3.8, 4) is 0 Å². The Morgan fingerprint density at radius 1 is 1.43 bits per heavy atom. The molecule has 0 spiro atoms. The van der Waals surface area contributed by atoms with E-state index in [0.29, 0.717) is 25.4 Å². The van der Waals surface area contributed by atoms with Gasteiger partial charge in [0, 0.05) is 26.1 Å². The highest BCUT2D eigenvalue weighted by Gasteiger charge is 2.37. The van der Waals surface area contributed by atoms with Gasteiger partial charge >= 0.3 is 0 Å². The van der Waals surface area contributed by atoms with Crippen molar-refractivity contribution in [1.82, 2.24) is 9.80 Å². The number of nitrogens with zero attached hydrogens (tertiary/aromatic N) is 2. The summed E-state index contributed by atoms with van der Waals surface area (Å²) in [6.07, 6.45) is 4.21. The van der Waals surface area contributed by atoms with E-state index in [9.17, 15) is 9.59 Å². The molecular formula is C16H22N2O3. The van der Waals surface area contributed by atoms with E-state index in [1.54, 1.807) is 11.2 Å². The Morgan fingerprint density at radius 3 is 3.00 bits per heavy atom. The summed E-state index contributed by atoms with van der Waals surface area (Å²) in [7, 11) is 0. The number of hydrogen-bond acceptors (Lipinski definition) is 3. The molecule has 2 unspecified atom stereocenters. The molecule has 1 aromatic heterocycles. The summed E-state index contributed by atoms with van der Waals surface area (Å²) in [5.74, 6) is 1.35. The monoisotopic (exact) mass is 290 g/mol. The first kappa shape index (κ1) is 14.2. The van der Waals surface area contributed by atoms with Crippen LogP contribution in [0, 0.1) is 11.8 Å². The summed E-state index contributed by atoms with van der Waals surface area (Å²) in [5, 5.41) is 0. The topological polar surface area (TPSA) is 53.8 Å². The predicted molar refractivity (Wildman–Crippen MR) is 77.2 cm³/mol. The van der Waals surface area contributed by atoms with Crippen LogP contribution in [0.5, 0.6) is 0 Å². The minimum Gasteiger partial charge on any atom is -0.467 e. The molecule has 21 heavy (non-hydrogen) atoms. The highest BCUT2D eigenvalue weighted by molar-refractivity contribution is 5.89. The molecule has 2 fully saturated rings. The van der Waals surface area contributed by atoms with Gasteiger partial charge < -0.3 is 14.2 Å². The lowest BCUT2D eigenvalue weighted by molar-refractivity contribution is -0.137. The Bertz CT molecular complexity index is 512. The van der Waals surface area contributed by atoms with Crippen LogP contribution in [0.2, 0.25) is 0 Å². The number of amides is 2.